The molecule has 4 fully saturated rings. The molecule has 0 bridgehead atoms. The zero-order valence-electron chi connectivity index (χ0n) is 65.0. The van der Waals surface area contributed by atoms with E-state index < -0.39 is 217 Å². The van der Waals surface area contributed by atoms with E-state index >= 15 is 0 Å². The predicted octanol–water partition coefficient (Wildman–Crippen LogP) is -7.00. The lowest BCUT2D eigenvalue weighted by Crippen LogP contribution is -2.33. The van der Waals surface area contributed by atoms with E-state index in [9.17, 15) is 133 Å². The first-order valence-electron chi connectivity index (χ1n) is 34.6. The van der Waals surface area contributed by atoms with E-state index in [0.717, 1.165) is 9.13 Å². The van der Waals surface area contributed by atoms with Gasteiger partial charge in [-0.2, -0.15) is 9.97 Å². The highest BCUT2D eigenvalue weighted by molar-refractivity contribution is 7.67. The summed E-state index contributed by atoms with van der Waals surface area (Å²) in [5, 5.41) is 0. The molecule has 6 aromatic rings. The van der Waals surface area contributed by atoms with Crippen molar-refractivity contribution in [3.8, 4) is 0 Å². The van der Waals surface area contributed by atoms with Crippen molar-refractivity contribution in [1.29, 1.82) is 0 Å². The SMILES string of the molecule is C=CCOC1C[C@H](n2cc(C)c(=O)[nH]c2=O)O[C@@H]1COP(=O)([O-])OP(=O)([O-])OP(=O)([O-])O.C=CCOC1C[C@H](n2ccc(N)nc2=O)O[C@@H]1COP(=O)([O-])OP(=O)([O-])OP(=O)([O-])O.C=CCOC1C[C@H](n2cnc3c(=O)[nH]c(N)nc32)O[C@@H]1COP(=O)([O-])OP(=O)([O-])OP(=O)([O-])O.C=CCOC1C[C@H](n2cnc3c(N)ncnc32)O[C@@H]1COP(=O)([O-])OP(=O)([O-])OP(=O)([O-])O. The fraction of sp³-hybridized carbons (Fsp3) is 0.490. The van der Waals surface area contributed by atoms with Crippen LogP contribution in [-0.2, 0) is 145 Å². The molecule has 0 aliphatic carbocycles. The molecule has 4 aliphatic heterocycles. The van der Waals surface area contributed by atoms with Gasteiger partial charge in [-0.05, 0) is 13.0 Å². The van der Waals surface area contributed by atoms with E-state index in [2.05, 4.69) is 119 Å². The van der Waals surface area contributed by atoms with Gasteiger partial charge in [0.1, 0.15) is 67.0 Å². The number of ether oxygens (including phenoxy) is 8. The van der Waals surface area contributed by atoms with Gasteiger partial charge in [0.05, 0.1) is 89.9 Å². The molecule has 0 aromatic carbocycles. The van der Waals surface area contributed by atoms with E-state index in [1.165, 1.54) is 77.8 Å². The van der Waals surface area contributed by atoms with Crippen LogP contribution < -0.4 is 98.4 Å². The lowest BCUT2D eigenvalue weighted by atomic mass is 10.2. The molecule has 4 saturated heterocycles. The number of anilines is 3. The Balaban J connectivity index is 0.000000237. The van der Waals surface area contributed by atoms with Crippen LogP contribution in [0.5, 0.6) is 0 Å². The lowest BCUT2D eigenvalue weighted by Gasteiger charge is -2.33. The number of hydrogen-bond acceptors (Lipinski definition) is 57. The van der Waals surface area contributed by atoms with Crippen molar-refractivity contribution in [2.45, 2.75) is 106 Å². The third kappa shape index (κ3) is 36.0. The van der Waals surface area contributed by atoms with E-state index in [-0.39, 0.29) is 86.4 Å². The lowest BCUT2D eigenvalue weighted by molar-refractivity contribution is -0.254. The Morgan fingerprint density at radius 3 is 1.08 bits per heavy atom. The van der Waals surface area contributed by atoms with Crippen LogP contribution in [0, 0.1) is 6.92 Å². The summed E-state index contributed by atoms with van der Waals surface area (Å²) < 4.78 is 229. The molecule has 732 valence electrons. The number of aromatic amines is 2. The number of aromatic nitrogens is 12. The molecule has 16 unspecified atom stereocenters. The Hall–Kier alpha value is -5.86. The van der Waals surface area contributed by atoms with Crippen molar-refractivity contribution in [3.05, 3.63) is 135 Å². The third-order valence-corrected chi connectivity index (χ3v) is 30.5. The molecule has 0 spiro atoms. The molecule has 10 rings (SSSR count). The molecule has 0 amide bonds. The molecule has 4 aliphatic rings. The predicted molar refractivity (Wildman–Crippen MR) is 398 cm³/mol. The zero-order chi connectivity index (χ0) is 97.5. The Bertz CT molecular complexity index is 5890. The van der Waals surface area contributed by atoms with E-state index in [1.807, 2.05) is 0 Å². The molecule has 0 radical (unpaired) electrons. The molecule has 24 atom stereocenters. The first kappa shape index (κ1) is 111. The second-order valence-electron chi connectivity index (χ2n) is 25.3. The van der Waals surface area contributed by atoms with Gasteiger partial charge in [-0.15, -0.1) is 26.3 Å². The molecule has 6 aromatic heterocycles. The summed E-state index contributed by atoms with van der Waals surface area (Å²) in [6.45, 7) is 12.2. The van der Waals surface area contributed by atoms with Gasteiger partial charge in [-0.1, -0.05) is 24.3 Å². The Morgan fingerprint density at radius 1 is 0.431 bits per heavy atom. The highest BCUT2D eigenvalue weighted by Crippen LogP contribution is 2.65. The number of phosphoric acid groups is 12. The number of hydrogen-bond donors (Lipinski definition) is 9. The highest BCUT2D eigenvalue weighted by Gasteiger charge is 2.44. The van der Waals surface area contributed by atoms with Crippen molar-refractivity contribution in [3.63, 3.8) is 0 Å². The number of nitrogens with zero attached hydrogens (tertiary/aromatic N) is 10. The smallest absolute Gasteiger partial charge is 0.351 e. The zero-order valence-corrected chi connectivity index (χ0v) is 75.7. The highest BCUT2D eigenvalue weighted by atomic mass is 31.3. The largest absolute Gasteiger partial charge is 0.756 e. The number of imidazole rings is 2. The number of phosphoric ester groups is 4. The van der Waals surface area contributed by atoms with Gasteiger partial charge in [-0.25, -0.2) is 64.0 Å². The summed E-state index contributed by atoms with van der Waals surface area (Å²) in [6, 6.07) is 1.33. The molecule has 10 heterocycles. The summed E-state index contributed by atoms with van der Waals surface area (Å²) in [5.41, 5.74) is 14.9. The first-order chi connectivity index (χ1) is 59.8. The first-order valence-corrected chi connectivity index (χ1v) is 52.3. The van der Waals surface area contributed by atoms with E-state index in [0.29, 0.717) is 11.2 Å². The fourth-order valence-corrected chi connectivity index (χ4v) is 22.6. The van der Waals surface area contributed by atoms with Gasteiger partial charge >= 0.3 is 11.4 Å². The van der Waals surface area contributed by atoms with Crippen LogP contribution in [0.1, 0.15) is 56.2 Å². The summed E-state index contributed by atoms with van der Waals surface area (Å²) in [7, 11) is -70.3. The summed E-state index contributed by atoms with van der Waals surface area (Å²) in [6.07, 6.45) is 0.895. The van der Waals surface area contributed by atoms with Crippen LogP contribution in [0.4, 0.5) is 17.6 Å². The molecule has 12 N–H and O–H groups in total. The van der Waals surface area contributed by atoms with Crippen molar-refractivity contribution in [2.24, 2.45) is 0 Å². The van der Waals surface area contributed by atoms with Gasteiger partial charge in [0.2, 0.25) is 5.95 Å². The van der Waals surface area contributed by atoms with Gasteiger partial charge in [0.15, 0.2) is 22.6 Å². The van der Waals surface area contributed by atoms with Crippen LogP contribution in [0.2, 0.25) is 0 Å². The third-order valence-electron chi connectivity index (χ3n) is 15.7. The van der Waals surface area contributed by atoms with Crippen molar-refractivity contribution >= 4 is 134 Å². The molecular weight excluding hydrogens is 2030 g/mol. The maximum absolute atomic E-state index is 12.1. The van der Waals surface area contributed by atoms with Gasteiger partial charge < -0.3 is 151 Å². The number of nitrogen functional groups attached to an aromatic ring is 3. The average molecular weight is 2100 g/mol. The Kier molecular flexibility index (Phi) is 39.2. The van der Waals surface area contributed by atoms with Crippen LogP contribution in [0.15, 0.2) is 107 Å². The molecule has 130 heavy (non-hydrogen) atoms. The maximum Gasteiger partial charge on any atom is 0.351 e. The summed E-state index contributed by atoms with van der Waals surface area (Å²) in [4.78, 5) is 243. The number of fused-ring (bicyclic) bond motifs is 2. The maximum atomic E-state index is 12.1. The minimum absolute atomic E-state index is 0.00121. The number of aryl methyl sites for hydroxylation is 1. The van der Waals surface area contributed by atoms with Gasteiger partial charge in [0.25, 0.3) is 105 Å². The number of rotatable bonds is 44. The quantitative estimate of drug-likeness (QED) is 0.0127. The number of nitrogens with one attached hydrogen (secondary N) is 2. The number of nitrogens with two attached hydrogens (primary N) is 3. The molecular formula is C51H69N15O52P12-12. The molecule has 67 nitrogen and oxygen atoms in total. The topological polar surface area (TPSA) is 1020 Å². The van der Waals surface area contributed by atoms with Crippen LogP contribution in [0.3, 0.4) is 0 Å². The van der Waals surface area contributed by atoms with Crippen molar-refractivity contribution < 1.29 is 224 Å². The standard InChI is InChI=1S/C13H20N5O13P3.C13H20N5O12P3.C13H21N2O14P3.C12H20N3O13P3/c1-2-3-27-7-4-9(18-6-15-10-11(18)16-13(14)17-12(10)19)29-8(7)5-28-33(23,24)31-34(25,26)30-32(20,21)22;1-2-3-26-8-4-10(18-7-17-11-12(14)15-6-16-13(11)18)28-9(8)5-27-32(22,23)30-33(24,25)29-31(19,20)21;1-3-4-25-9-5-11(15-6-8(2)12(16)14-13(15)17)27-10(9)7-26-31(21,22)29-32(23,24)28-30(18,19)20;1-2-5-24-8-6-11(15-4-3-10(13)14-12(15)16)26-9(8)7-25-30(20,21)28-31(22,23)27-29(17,18)19/h2,6-9H,1,3-5H2,(H,23,24)(H,25,26)(H2,20,21,22)(H3,14,16,17,19);2,6-10H,1,3-5H2,(H,22,23)(H,24,25)(H2,14,15,16)(H2,19,20,21);3,6,9-11H,1,4-5,7H2,2H3,(H,21,22)(H,23,24)(H,14,16,17)(H2,18,19,20);2-4,8-9,11H,1,5-7H2,(H,20,21)(H,22,23)(H2,13,14,16)(H2,17,18,19)/p-12/t7?,8-,9-;8?,9-,10-;9?,10-,11-;8?,9-,11-/m1111/s1. The van der Waals surface area contributed by atoms with E-state index in [1.54, 1.807) is 0 Å². The average Bonchev–Trinajstić information content (AvgIpc) is 1.63. The van der Waals surface area contributed by atoms with Crippen LogP contribution >= 0.6 is 93.9 Å². The second kappa shape index (κ2) is 45.9. The Labute approximate surface area is 724 Å². The van der Waals surface area contributed by atoms with Crippen molar-refractivity contribution in [1.82, 2.24) is 58.1 Å². The molecule has 0 saturated carbocycles. The molecule has 79 heteroatoms. The van der Waals surface area contributed by atoms with Crippen LogP contribution in [-0.4, -0.2) is 179 Å². The normalized spacial score (nSPS) is 26.6. The summed E-state index contributed by atoms with van der Waals surface area (Å²) in [5.74, 6) is -0.0797. The van der Waals surface area contributed by atoms with Crippen molar-refractivity contribution in [2.75, 3.05) is 70.1 Å². The second-order valence-corrected chi connectivity index (χ2v) is 42.4. The van der Waals surface area contributed by atoms with Gasteiger partial charge in [-0.3, -0.25) is 92.6 Å². The summed E-state index contributed by atoms with van der Waals surface area (Å²) >= 11 is 0. The van der Waals surface area contributed by atoms with E-state index in [4.69, 9.17) is 74.7 Å². The minimum Gasteiger partial charge on any atom is -0.756 e. The fourth-order valence-electron chi connectivity index (χ4n) is 11.0. The number of H-pyrrole nitrogens is 2. The van der Waals surface area contributed by atoms with Crippen LogP contribution in [0.25, 0.3) is 22.3 Å². The van der Waals surface area contributed by atoms with Gasteiger partial charge in [0, 0.05) is 43.6 Å². The Morgan fingerprint density at radius 2 is 0.754 bits per heavy atom. The monoisotopic (exact) mass is 2100 g/mol. The minimum atomic E-state index is -6.05.